The van der Waals surface area contributed by atoms with Crippen molar-refractivity contribution in [3.8, 4) is 11.8 Å². The summed E-state index contributed by atoms with van der Waals surface area (Å²) in [7, 11) is 0. The number of hydrogen-bond acceptors (Lipinski definition) is 3. The first kappa shape index (κ1) is 20.5. The van der Waals surface area contributed by atoms with E-state index in [-0.39, 0.29) is 12.2 Å². The number of nitrogens with zero attached hydrogens (tertiary/aromatic N) is 1. The monoisotopic (exact) mass is 423 g/mol. The molecule has 0 fully saturated rings. The molecule has 0 radical (unpaired) electrons. The number of hydrogen-bond donors (Lipinski definition) is 1. The van der Waals surface area contributed by atoms with E-state index in [1.54, 1.807) is 60.7 Å². The van der Waals surface area contributed by atoms with Crippen molar-refractivity contribution >= 4 is 40.8 Å². The van der Waals surface area contributed by atoms with Gasteiger partial charge in [0.1, 0.15) is 12.4 Å². The molecule has 0 saturated carbocycles. The average Bonchev–Trinajstić information content (AvgIpc) is 2.72. The number of ether oxygens (including phenoxy) is 1. The molecule has 29 heavy (non-hydrogen) atoms. The van der Waals surface area contributed by atoms with Crippen LogP contribution in [-0.4, -0.2) is 11.1 Å². The number of carboxylic acid groups (broad SMARTS) is 1. The predicted octanol–water partition coefficient (Wildman–Crippen LogP) is 6.33. The third-order valence-electron chi connectivity index (χ3n) is 4.12. The lowest BCUT2D eigenvalue weighted by atomic mass is 10.0. The molecule has 0 spiro atoms. The van der Waals surface area contributed by atoms with Gasteiger partial charge in [-0.15, -0.1) is 0 Å². The fourth-order valence-corrected chi connectivity index (χ4v) is 3.18. The van der Waals surface area contributed by atoms with Crippen LogP contribution in [0.25, 0.3) is 11.6 Å². The van der Waals surface area contributed by atoms with Crippen LogP contribution in [0.3, 0.4) is 0 Å². The molecule has 0 atom stereocenters. The Bertz CT molecular complexity index is 1130. The van der Waals surface area contributed by atoms with E-state index in [0.29, 0.717) is 26.9 Å². The van der Waals surface area contributed by atoms with Crippen LogP contribution in [0, 0.1) is 11.3 Å². The van der Waals surface area contributed by atoms with Crippen LogP contribution in [-0.2, 0) is 6.61 Å². The van der Waals surface area contributed by atoms with Gasteiger partial charge in [-0.05, 0) is 47.5 Å². The minimum Gasteiger partial charge on any atom is -0.487 e. The summed E-state index contributed by atoms with van der Waals surface area (Å²) in [4.78, 5) is 11.1. The van der Waals surface area contributed by atoms with Gasteiger partial charge < -0.3 is 9.84 Å². The number of rotatable bonds is 6. The predicted molar refractivity (Wildman–Crippen MR) is 114 cm³/mol. The second-order valence-electron chi connectivity index (χ2n) is 6.13. The van der Waals surface area contributed by atoms with E-state index in [1.807, 2.05) is 6.07 Å². The molecule has 3 aromatic carbocycles. The second kappa shape index (κ2) is 9.29. The number of carboxylic acids is 1. The van der Waals surface area contributed by atoms with Crippen molar-refractivity contribution in [1.29, 1.82) is 5.26 Å². The molecular weight excluding hydrogens is 409 g/mol. The van der Waals surface area contributed by atoms with E-state index in [0.717, 1.165) is 11.1 Å². The minimum absolute atomic E-state index is 0.180. The second-order valence-corrected chi connectivity index (χ2v) is 6.95. The molecule has 0 aliphatic carbocycles. The molecule has 3 aromatic rings. The Kier molecular flexibility index (Phi) is 6.56. The molecule has 144 valence electrons. The molecule has 0 aliphatic heterocycles. The highest BCUT2D eigenvalue weighted by atomic mass is 35.5. The molecule has 0 saturated heterocycles. The van der Waals surface area contributed by atoms with E-state index in [1.165, 1.54) is 6.07 Å². The largest absolute Gasteiger partial charge is 0.487 e. The minimum atomic E-state index is -0.993. The summed E-state index contributed by atoms with van der Waals surface area (Å²) in [6, 6.07) is 21.0. The maximum absolute atomic E-state index is 11.1. The molecule has 0 heterocycles. The molecule has 4 nitrogen and oxygen atoms in total. The maximum Gasteiger partial charge on any atom is 0.335 e. The van der Waals surface area contributed by atoms with Gasteiger partial charge >= 0.3 is 5.97 Å². The molecule has 0 amide bonds. The van der Waals surface area contributed by atoms with E-state index >= 15 is 0 Å². The maximum atomic E-state index is 11.1. The Morgan fingerprint density at radius 2 is 1.83 bits per heavy atom. The van der Waals surface area contributed by atoms with E-state index in [9.17, 15) is 10.1 Å². The quantitative estimate of drug-likeness (QED) is 0.371. The van der Waals surface area contributed by atoms with Gasteiger partial charge in [-0.1, -0.05) is 59.6 Å². The van der Waals surface area contributed by atoms with Crippen LogP contribution < -0.4 is 4.74 Å². The molecule has 3 rings (SSSR count). The summed E-state index contributed by atoms with van der Waals surface area (Å²) in [5, 5.41) is 19.4. The summed E-state index contributed by atoms with van der Waals surface area (Å²) in [5.41, 5.74) is 2.71. The van der Waals surface area contributed by atoms with E-state index in [4.69, 9.17) is 33.0 Å². The zero-order chi connectivity index (χ0) is 20.8. The Hall–Kier alpha value is -3.26. The number of carbonyl (C=O) groups is 1. The van der Waals surface area contributed by atoms with E-state index < -0.39 is 5.97 Å². The van der Waals surface area contributed by atoms with Gasteiger partial charge in [-0.2, -0.15) is 5.26 Å². The Balaban J connectivity index is 1.78. The van der Waals surface area contributed by atoms with E-state index in [2.05, 4.69) is 6.07 Å². The lowest BCUT2D eigenvalue weighted by Crippen LogP contribution is -2.00. The molecule has 0 aliphatic rings. The first-order valence-corrected chi connectivity index (χ1v) is 9.35. The lowest BCUT2D eigenvalue weighted by Gasteiger charge is -2.10. The van der Waals surface area contributed by atoms with Gasteiger partial charge in [0.2, 0.25) is 0 Å². The Morgan fingerprint density at radius 1 is 1.03 bits per heavy atom. The van der Waals surface area contributed by atoms with Gasteiger partial charge in [0.05, 0.1) is 22.2 Å². The number of allylic oxidation sites excluding steroid dienone is 1. The van der Waals surface area contributed by atoms with Crippen molar-refractivity contribution in [2.75, 3.05) is 0 Å². The highest BCUT2D eigenvalue weighted by Crippen LogP contribution is 2.30. The van der Waals surface area contributed by atoms with Crippen molar-refractivity contribution in [1.82, 2.24) is 0 Å². The van der Waals surface area contributed by atoms with Crippen molar-refractivity contribution in [3.63, 3.8) is 0 Å². The van der Waals surface area contributed by atoms with Gasteiger partial charge in [-0.25, -0.2) is 4.79 Å². The highest BCUT2D eigenvalue weighted by Gasteiger charge is 2.08. The van der Waals surface area contributed by atoms with Crippen molar-refractivity contribution in [2.24, 2.45) is 0 Å². The van der Waals surface area contributed by atoms with Gasteiger partial charge in [0.15, 0.2) is 0 Å². The zero-order valence-corrected chi connectivity index (χ0v) is 16.6. The van der Waals surface area contributed by atoms with Crippen LogP contribution in [0.4, 0.5) is 0 Å². The molecule has 0 aromatic heterocycles. The molecule has 6 heteroatoms. The first-order valence-electron chi connectivity index (χ1n) is 8.59. The zero-order valence-electron chi connectivity index (χ0n) is 15.1. The summed E-state index contributed by atoms with van der Waals surface area (Å²) in [6.45, 7) is 0.180. The summed E-state index contributed by atoms with van der Waals surface area (Å²) in [6.07, 6.45) is 1.70. The van der Waals surface area contributed by atoms with Crippen LogP contribution in [0.1, 0.15) is 27.0 Å². The number of halogens is 2. The normalized spacial score (nSPS) is 11.0. The number of aromatic carboxylic acids is 1. The summed E-state index contributed by atoms with van der Waals surface area (Å²) < 4.78 is 5.72. The molecule has 1 N–H and O–H groups in total. The van der Waals surface area contributed by atoms with Crippen LogP contribution >= 0.6 is 23.2 Å². The smallest absolute Gasteiger partial charge is 0.335 e. The summed E-state index contributed by atoms with van der Waals surface area (Å²) >= 11 is 12.5. The van der Waals surface area contributed by atoms with Crippen LogP contribution in [0.15, 0.2) is 66.7 Å². The Labute approximate surface area is 178 Å². The number of nitriles is 1. The van der Waals surface area contributed by atoms with Crippen molar-refractivity contribution < 1.29 is 14.6 Å². The fourth-order valence-electron chi connectivity index (χ4n) is 2.70. The van der Waals surface area contributed by atoms with Crippen LogP contribution in [0.5, 0.6) is 5.75 Å². The lowest BCUT2D eigenvalue weighted by molar-refractivity contribution is 0.0696. The fraction of sp³-hybridized carbons (Fsp3) is 0.0435. The molecule has 0 bridgehead atoms. The third kappa shape index (κ3) is 5.17. The van der Waals surface area contributed by atoms with Gasteiger partial charge in [0, 0.05) is 10.6 Å². The average molecular weight is 424 g/mol. The van der Waals surface area contributed by atoms with Gasteiger partial charge in [0.25, 0.3) is 0 Å². The molecular formula is C23H15Cl2NO3. The highest BCUT2D eigenvalue weighted by molar-refractivity contribution is 6.33. The van der Waals surface area contributed by atoms with Crippen molar-refractivity contribution in [2.45, 2.75) is 6.61 Å². The Morgan fingerprint density at radius 3 is 2.52 bits per heavy atom. The number of benzene rings is 3. The molecule has 0 unspecified atom stereocenters. The van der Waals surface area contributed by atoms with Gasteiger partial charge in [-0.3, -0.25) is 0 Å². The van der Waals surface area contributed by atoms with Crippen molar-refractivity contribution in [3.05, 3.63) is 99.0 Å². The standard InChI is InChI=1S/C23H15Cl2NO3/c24-20-7-2-1-6-19(20)18(13-26)10-15-8-9-22(21(25)12-15)29-14-16-4-3-5-17(11-16)23(27)28/h1-12H,14H2,(H,27,28). The van der Waals surface area contributed by atoms with Crippen LogP contribution in [0.2, 0.25) is 10.0 Å². The third-order valence-corrected chi connectivity index (χ3v) is 4.74. The topological polar surface area (TPSA) is 70.3 Å². The summed E-state index contributed by atoms with van der Waals surface area (Å²) in [5.74, 6) is -0.534. The first-order chi connectivity index (χ1) is 14.0. The SMILES string of the molecule is N#CC(=Cc1ccc(OCc2cccc(C(=O)O)c2)c(Cl)c1)c1ccccc1Cl.